The van der Waals surface area contributed by atoms with Crippen molar-refractivity contribution in [3.8, 4) is 0 Å². The van der Waals surface area contributed by atoms with Crippen molar-refractivity contribution in [2.45, 2.75) is 38.0 Å². The van der Waals surface area contributed by atoms with E-state index < -0.39 is 10.8 Å². The first-order chi connectivity index (χ1) is 10.5. The van der Waals surface area contributed by atoms with Crippen LogP contribution in [0.5, 0.6) is 0 Å². The second-order valence-corrected chi connectivity index (χ2v) is 8.17. The monoisotopic (exact) mass is 356 g/mol. The smallest absolute Gasteiger partial charge is 0.229 e. The van der Waals surface area contributed by atoms with Crippen molar-refractivity contribution in [1.29, 1.82) is 0 Å². The van der Waals surface area contributed by atoms with Crippen molar-refractivity contribution >= 4 is 34.8 Å². The Kier molecular flexibility index (Phi) is 5.87. The maximum atomic E-state index is 12.6. The van der Waals surface area contributed by atoms with Gasteiger partial charge in [0.2, 0.25) is 5.91 Å². The van der Waals surface area contributed by atoms with Crippen molar-refractivity contribution < 1.29 is 9.00 Å². The number of rotatable bonds is 4. The second kappa shape index (κ2) is 7.32. The van der Waals surface area contributed by atoms with Crippen LogP contribution < -0.4 is 11.1 Å². The summed E-state index contributed by atoms with van der Waals surface area (Å²) < 4.78 is 11.4. The lowest BCUT2D eigenvalue weighted by Crippen LogP contribution is -2.42. The van der Waals surface area contributed by atoms with E-state index in [1.54, 1.807) is 6.26 Å². The number of hydrogen-bond acceptors (Lipinski definition) is 3. The highest BCUT2D eigenvalue weighted by Crippen LogP contribution is 2.48. The summed E-state index contributed by atoms with van der Waals surface area (Å²) in [6.07, 6.45) is 5.10. The molecule has 3 rings (SSSR count). The van der Waals surface area contributed by atoms with E-state index >= 15 is 0 Å². The highest BCUT2D eigenvalue weighted by atomic mass is 35.5. The van der Waals surface area contributed by atoms with Gasteiger partial charge < -0.3 is 11.1 Å². The van der Waals surface area contributed by atoms with Gasteiger partial charge in [-0.1, -0.05) is 12.1 Å². The van der Waals surface area contributed by atoms with E-state index in [9.17, 15) is 9.00 Å². The fourth-order valence-corrected chi connectivity index (χ4v) is 4.89. The molecule has 0 aliphatic heterocycles. The van der Waals surface area contributed by atoms with E-state index in [0.717, 1.165) is 29.7 Å². The van der Waals surface area contributed by atoms with Crippen LogP contribution in [-0.2, 0) is 21.3 Å². The third-order valence-corrected chi connectivity index (χ3v) is 6.06. The largest absolute Gasteiger partial charge is 0.327 e. The number of hydrogen-bond donors (Lipinski definition) is 2. The van der Waals surface area contributed by atoms with Gasteiger partial charge in [0.25, 0.3) is 0 Å². The number of carbonyl (C=O) groups is 1. The van der Waals surface area contributed by atoms with Crippen molar-refractivity contribution in [2.75, 3.05) is 11.6 Å². The molecule has 128 valence electrons. The third kappa shape index (κ3) is 3.62. The Bertz CT molecular complexity index is 621. The third-order valence-electron chi connectivity index (χ3n) is 5.35. The Morgan fingerprint density at radius 3 is 2.65 bits per heavy atom. The molecule has 0 aromatic heterocycles. The number of halogens is 1. The highest BCUT2D eigenvalue weighted by molar-refractivity contribution is 7.83. The van der Waals surface area contributed by atoms with Gasteiger partial charge in [0, 0.05) is 34.5 Å². The van der Waals surface area contributed by atoms with Crippen molar-refractivity contribution in [2.24, 2.45) is 23.5 Å². The predicted molar refractivity (Wildman–Crippen MR) is 97.1 cm³/mol. The van der Waals surface area contributed by atoms with Gasteiger partial charge in [-0.2, -0.15) is 0 Å². The minimum absolute atomic E-state index is 0. The van der Waals surface area contributed by atoms with Crippen LogP contribution in [0.2, 0.25) is 0 Å². The summed E-state index contributed by atoms with van der Waals surface area (Å²) in [6, 6.07) is 5.79. The Hall–Kier alpha value is -0.910. The lowest BCUT2D eigenvalue weighted by Gasteiger charge is -2.27. The molecule has 2 aliphatic rings. The van der Waals surface area contributed by atoms with Crippen LogP contribution in [0.25, 0.3) is 0 Å². The molecule has 2 bridgehead atoms. The summed E-state index contributed by atoms with van der Waals surface area (Å²) in [7, 11) is -0.890. The number of amides is 1. The van der Waals surface area contributed by atoms with Gasteiger partial charge in [-0.25, -0.2) is 0 Å². The maximum Gasteiger partial charge on any atom is 0.229 e. The highest BCUT2D eigenvalue weighted by Gasteiger charge is 2.49. The first kappa shape index (κ1) is 18.4. The Morgan fingerprint density at radius 1 is 1.35 bits per heavy atom. The molecule has 2 fully saturated rings. The van der Waals surface area contributed by atoms with Crippen LogP contribution in [0.15, 0.2) is 18.2 Å². The van der Waals surface area contributed by atoms with Gasteiger partial charge >= 0.3 is 0 Å². The zero-order valence-electron chi connectivity index (χ0n) is 13.6. The van der Waals surface area contributed by atoms with Crippen LogP contribution in [0.3, 0.4) is 0 Å². The maximum absolute atomic E-state index is 12.6. The van der Waals surface area contributed by atoms with E-state index in [1.807, 2.05) is 25.1 Å². The fraction of sp³-hybridized carbons (Fsp3) is 0.588. The van der Waals surface area contributed by atoms with Crippen molar-refractivity contribution in [1.82, 2.24) is 0 Å². The molecule has 1 aromatic rings. The second-order valence-electron chi connectivity index (χ2n) is 6.73. The molecule has 4 nitrogen and oxygen atoms in total. The molecular weight excluding hydrogens is 332 g/mol. The molecule has 23 heavy (non-hydrogen) atoms. The van der Waals surface area contributed by atoms with Crippen LogP contribution in [0, 0.1) is 24.7 Å². The van der Waals surface area contributed by atoms with Crippen LogP contribution in [-0.4, -0.2) is 22.4 Å². The minimum Gasteiger partial charge on any atom is -0.327 e. The molecule has 5 atom stereocenters. The predicted octanol–water partition coefficient (Wildman–Crippen LogP) is 2.61. The summed E-state index contributed by atoms with van der Waals surface area (Å²) >= 11 is 0. The standard InChI is InChI=1S/C17H24N2O2S.ClH/c1-10-13(9-22(2)21)4-3-5-14(10)19-17(20)15-11-6-7-12(8-11)16(15)18;/h3-5,11-12,15-16H,6-9,18H2,1-2H3,(H,19,20);1H. The zero-order valence-corrected chi connectivity index (χ0v) is 15.2. The molecule has 6 heteroatoms. The summed E-state index contributed by atoms with van der Waals surface area (Å²) in [5.41, 5.74) is 9.10. The molecule has 2 aliphatic carbocycles. The van der Waals surface area contributed by atoms with Crippen LogP contribution in [0.4, 0.5) is 5.69 Å². The topological polar surface area (TPSA) is 72.2 Å². The fourth-order valence-electron chi connectivity index (χ4n) is 4.14. The number of carbonyl (C=O) groups excluding carboxylic acids is 1. The molecule has 1 amide bonds. The summed E-state index contributed by atoms with van der Waals surface area (Å²) in [6.45, 7) is 1.97. The lowest BCUT2D eigenvalue weighted by molar-refractivity contribution is -0.121. The molecular formula is C17H25ClN2O2S. The van der Waals surface area contributed by atoms with Gasteiger partial charge in [0.1, 0.15) is 0 Å². The van der Waals surface area contributed by atoms with Gasteiger partial charge in [-0.15, -0.1) is 12.4 Å². The Labute approximate surface area is 146 Å². The summed E-state index contributed by atoms with van der Waals surface area (Å²) in [5.74, 6) is 1.49. The number of benzene rings is 1. The Balaban J connectivity index is 0.00000192. The molecule has 0 spiro atoms. The molecule has 5 unspecified atom stereocenters. The zero-order chi connectivity index (χ0) is 15.9. The number of nitrogens with two attached hydrogens (primary N) is 1. The van der Waals surface area contributed by atoms with Gasteiger partial charge in [-0.3, -0.25) is 9.00 Å². The summed E-state index contributed by atoms with van der Waals surface area (Å²) in [5, 5.41) is 3.06. The molecule has 0 heterocycles. The number of fused-ring (bicyclic) bond motifs is 2. The van der Waals surface area contributed by atoms with Gasteiger partial charge in [-0.05, 0) is 55.2 Å². The normalized spacial score (nSPS) is 29.9. The molecule has 0 radical (unpaired) electrons. The van der Waals surface area contributed by atoms with E-state index in [0.29, 0.717) is 17.6 Å². The first-order valence-corrected chi connectivity index (χ1v) is 9.65. The molecule has 3 N–H and O–H groups in total. The van der Waals surface area contributed by atoms with Gasteiger partial charge in [0.15, 0.2) is 0 Å². The number of nitrogens with one attached hydrogen (secondary N) is 1. The Morgan fingerprint density at radius 2 is 2.04 bits per heavy atom. The lowest BCUT2D eigenvalue weighted by atomic mass is 9.84. The van der Waals surface area contributed by atoms with Crippen LogP contribution >= 0.6 is 12.4 Å². The summed E-state index contributed by atoms with van der Waals surface area (Å²) in [4.78, 5) is 12.6. The number of anilines is 1. The quantitative estimate of drug-likeness (QED) is 0.871. The SMILES string of the molecule is Cc1c(CS(C)=O)cccc1NC(=O)C1C2CCC(C2)C1N.Cl. The average molecular weight is 357 g/mol. The molecule has 0 saturated heterocycles. The minimum atomic E-state index is -0.890. The van der Waals surface area contributed by atoms with E-state index in [-0.39, 0.29) is 30.3 Å². The molecule has 2 saturated carbocycles. The van der Waals surface area contributed by atoms with Crippen molar-refractivity contribution in [3.63, 3.8) is 0 Å². The molecule has 1 aromatic carbocycles. The van der Waals surface area contributed by atoms with Gasteiger partial charge in [0.05, 0.1) is 5.92 Å². The van der Waals surface area contributed by atoms with E-state index in [1.165, 1.54) is 6.42 Å². The first-order valence-electron chi connectivity index (χ1n) is 7.92. The van der Waals surface area contributed by atoms with Crippen LogP contribution in [0.1, 0.15) is 30.4 Å². The van der Waals surface area contributed by atoms with Crippen molar-refractivity contribution in [3.05, 3.63) is 29.3 Å². The average Bonchev–Trinajstić information content (AvgIpc) is 3.03. The van der Waals surface area contributed by atoms with E-state index in [4.69, 9.17) is 5.73 Å². The van der Waals surface area contributed by atoms with E-state index in [2.05, 4.69) is 5.32 Å².